The smallest absolute Gasteiger partial charge is 0.261 e. The van der Waals surface area contributed by atoms with Gasteiger partial charge in [-0.15, -0.1) is 0 Å². The average molecular weight is 477 g/mol. The van der Waals surface area contributed by atoms with Crippen molar-refractivity contribution in [1.29, 1.82) is 0 Å². The summed E-state index contributed by atoms with van der Waals surface area (Å²) in [5, 5.41) is 2.91. The van der Waals surface area contributed by atoms with Gasteiger partial charge in [-0.2, -0.15) is 0 Å². The molecule has 0 aliphatic heterocycles. The zero-order valence-electron chi connectivity index (χ0n) is 17.9. The van der Waals surface area contributed by atoms with Crippen LogP contribution in [0, 0.1) is 0 Å². The van der Waals surface area contributed by atoms with E-state index in [1.54, 1.807) is 24.1 Å². The fourth-order valence-electron chi connectivity index (χ4n) is 2.99. The van der Waals surface area contributed by atoms with Crippen molar-refractivity contribution in [2.45, 2.75) is 45.8 Å². The molecule has 2 aromatic rings. The molecule has 2 amide bonds. The Labute approximate surface area is 186 Å². The molecule has 0 heterocycles. The summed E-state index contributed by atoms with van der Waals surface area (Å²) < 4.78 is 11.8. The van der Waals surface area contributed by atoms with Gasteiger partial charge in [0.05, 0.1) is 7.11 Å². The second-order valence-electron chi connectivity index (χ2n) is 7.20. The van der Waals surface area contributed by atoms with Crippen LogP contribution >= 0.6 is 15.9 Å². The maximum Gasteiger partial charge on any atom is 0.261 e. The molecular formula is C23H29BrN2O4. The highest BCUT2D eigenvalue weighted by Gasteiger charge is 2.29. The maximum atomic E-state index is 13.1. The van der Waals surface area contributed by atoms with Gasteiger partial charge < -0.3 is 19.7 Å². The fourth-order valence-corrected chi connectivity index (χ4v) is 3.25. The normalized spacial score (nSPS) is 11.7. The third-order valence-corrected chi connectivity index (χ3v) is 5.03. The largest absolute Gasteiger partial charge is 0.497 e. The number of benzene rings is 2. The predicted octanol–water partition coefficient (Wildman–Crippen LogP) is 4.17. The summed E-state index contributed by atoms with van der Waals surface area (Å²) in [6.45, 7) is 5.85. The first-order valence-electron chi connectivity index (χ1n) is 9.95. The monoisotopic (exact) mass is 476 g/mol. The van der Waals surface area contributed by atoms with E-state index in [1.807, 2.05) is 57.2 Å². The van der Waals surface area contributed by atoms with Crippen LogP contribution in [0.25, 0.3) is 0 Å². The lowest BCUT2D eigenvalue weighted by Crippen LogP contribution is -2.51. The number of rotatable bonds is 10. The zero-order valence-corrected chi connectivity index (χ0v) is 19.4. The molecule has 0 spiro atoms. The van der Waals surface area contributed by atoms with Crippen LogP contribution in [-0.2, 0) is 16.1 Å². The minimum Gasteiger partial charge on any atom is -0.497 e. The molecule has 1 atom stereocenters. The number of hydrogen-bond acceptors (Lipinski definition) is 4. The Bertz CT molecular complexity index is 822. The quantitative estimate of drug-likeness (QED) is 0.558. The molecule has 7 heteroatoms. The maximum absolute atomic E-state index is 13.1. The van der Waals surface area contributed by atoms with Crippen molar-refractivity contribution in [3.63, 3.8) is 0 Å². The Hall–Kier alpha value is -2.54. The van der Waals surface area contributed by atoms with Crippen LogP contribution in [-0.4, -0.2) is 42.5 Å². The molecule has 1 N–H and O–H groups in total. The number of nitrogens with one attached hydrogen (secondary N) is 1. The van der Waals surface area contributed by atoms with Gasteiger partial charge in [0, 0.05) is 17.1 Å². The predicted molar refractivity (Wildman–Crippen MR) is 121 cm³/mol. The second-order valence-corrected chi connectivity index (χ2v) is 8.12. The fraction of sp³-hybridized carbons (Fsp3) is 0.391. The highest BCUT2D eigenvalue weighted by atomic mass is 79.9. The second kappa shape index (κ2) is 11.6. The van der Waals surface area contributed by atoms with Gasteiger partial charge in [-0.3, -0.25) is 9.59 Å². The minimum atomic E-state index is -0.587. The van der Waals surface area contributed by atoms with Crippen molar-refractivity contribution < 1.29 is 19.1 Å². The first-order chi connectivity index (χ1) is 14.3. The molecule has 6 nitrogen and oxygen atoms in total. The standard InChI is InChI=1S/C23H29BrN2O4/c1-5-21(23(28)25-16(2)3)26(14-17-6-10-19(29-4)11-7-17)22(27)15-30-20-12-8-18(24)9-13-20/h6-13,16,21H,5,14-15H2,1-4H3,(H,25,28). The van der Waals surface area contributed by atoms with Crippen LogP contribution in [0.3, 0.4) is 0 Å². The van der Waals surface area contributed by atoms with Crippen molar-refractivity contribution in [2.75, 3.05) is 13.7 Å². The van der Waals surface area contributed by atoms with Crippen molar-refractivity contribution in [3.05, 3.63) is 58.6 Å². The topological polar surface area (TPSA) is 67.9 Å². The van der Waals surface area contributed by atoms with Crippen LogP contribution in [0.1, 0.15) is 32.8 Å². The Kier molecular flexibility index (Phi) is 9.17. The molecule has 1 unspecified atom stereocenters. The minimum absolute atomic E-state index is 0.0106. The summed E-state index contributed by atoms with van der Waals surface area (Å²) in [6, 6.07) is 14.1. The molecular weight excluding hydrogens is 448 g/mol. The lowest BCUT2D eigenvalue weighted by molar-refractivity contribution is -0.143. The van der Waals surface area contributed by atoms with E-state index in [4.69, 9.17) is 9.47 Å². The summed E-state index contributed by atoms with van der Waals surface area (Å²) in [5.41, 5.74) is 0.906. The highest BCUT2D eigenvalue weighted by Crippen LogP contribution is 2.18. The van der Waals surface area contributed by atoms with Crippen molar-refractivity contribution >= 4 is 27.7 Å². The van der Waals surface area contributed by atoms with E-state index < -0.39 is 6.04 Å². The molecule has 162 valence electrons. The molecule has 30 heavy (non-hydrogen) atoms. The number of halogens is 1. The molecule has 0 radical (unpaired) electrons. The molecule has 2 aromatic carbocycles. The molecule has 0 fully saturated rings. The van der Waals surface area contributed by atoms with Gasteiger partial charge in [0.1, 0.15) is 17.5 Å². The van der Waals surface area contributed by atoms with E-state index >= 15 is 0 Å². The van der Waals surface area contributed by atoms with E-state index in [0.717, 1.165) is 15.8 Å². The van der Waals surface area contributed by atoms with E-state index in [-0.39, 0.29) is 24.5 Å². The van der Waals surface area contributed by atoms with E-state index in [0.29, 0.717) is 18.7 Å². The number of carbonyl (C=O) groups excluding carboxylic acids is 2. The number of ether oxygens (including phenoxy) is 2. The molecule has 0 saturated heterocycles. The first-order valence-corrected chi connectivity index (χ1v) is 10.7. The Morgan fingerprint density at radius 1 is 1.03 bits per heavy atom. The highest BCUT2D eigenvalue weighted by molar-refractivity contribution is 9.10. The van der Waals surface area contributed by atoms with Crippen LogP contribution in [0.15, 0.2) is 53.0 Å². The van der Waals surface area contributed by atoms with Crippen molar-refractivity contribution in [2.24, 2.45) is 0 Å². The van der Waals surface area contributed by atoms with Gasteiger partial charge in [0.15, 0.2) is 6.61 Å². The van der Waals surface area contributed by atoms with Gasteiger partial charge in [-0.05, 0) is 62.2 Å². The van der Waals surface area contributed by atoms with Gasteiger partial charge in [0.25, 0.3) is 5.91 Å². The summed E-state index contributed by atoms with van der Waals surface area (Å²) in [7, 11) is 1.60. The first kappa shape index (κ1) is 23.7. The third-order valence-electron chi connectivity index (χ3n) is 4.50. The van der Waals surface area contributed by atoms with Crippen LogP contribution in [0.4, 0.5) is 0 Å². The summed E-state index contributed by atoms with van der Waals surface area (Å²) in [5.74, 6) is 0.910. The summed E-state index contributed by atoms with van der Waals surface area (Å²) >= 11 is 3.38. The number of hydrogen-bond donors (Lipinski definition) is 1. The molecule has 0 bridgehead atoms. The van der Waals surface area contributed by atoms with Crippen molar-refractivity contribution in [1.82, 2.24) is 10.2 Å². The van der Waals surface area contributed by atoms with E-state index in [9.17, 15) is 9.59 Å². The zero-order chi connectivity index (χ0) is 22.1. The summed E-state index contributed by atoms with van der Waals surface area (Å²) in [6.07, 6.45) is 0.499. The van der Waals surface area contributed by atoms with Gasteiger partial charge >= 0.3 is 0 Å². The molecule has 0 aromatic heterocycles. The molecule has 0 aliphatic rings. The van der Waals surface area contributed by atoms with Gasteiger partial charge in [-0.1, -0.05) is 35.0 Å². The lowest BCUT2D eigenvalue weighted by atomic mass is 10.1. The number of amides is 2. The lowest BCUT2D eigenvalue weighted by Gasteiger charge is -2.31. The number of methoxy groups -OCH3 is 1. The number of nitrogens with zero attached hydrogens (tertiary/aromatic N) is 1. The Balaban J connectivity index is 2.19. The van der Waals surface area contributed by atoms with E-state index in [1.165, 1.54) is 0 Å². The SMILES string of the molecule is CCC(C(=O)NC(C)C)N(Cc1ccc(OC)cc1)C(=O)COc1ccc(Br)cc1. The van der Waals surface area contributed by atoms with Crippen LogP contribution < -0.4 is 14.8 Å². The number of carbonyl (C=O) groups is 2. The molecule has 2 rings (SSSR count). The summed E-state index contributed by atoms with van der Waals surface area (Å²) in [4.78, 5) is 27.4. The molecule has 0 saturated carbocycles. The van der Waals surface area contributed by atoms with Crippen LogP contribution in [0.5, 0.6) is 11.5 Å². The van der Waals surface area contributed by atoms with Crippen LogP contribution in [0.2, 0.25) is 0 Å². The van der Waals surface area contributed by atoms with E-state index in [2.05, 4.69) is 21.2 Å². The average Bonchev–Trinajstić information content (AvgIpc) is 2.73. The third kappa shape index (κ3) is 7.06. The van der Waals surface area contributed by atoms with Gasteiger partial charge in [-0.25, -0.2) is 0 Å². The molecule has 0 aliphatic carbocycles. The Morgan fingerprint density at radius 2 is 1.63 bits per heavy atom. The van der Waals surface area contributed by atoms with Crippen molar-refractivity contribution in [3.8, 4) is 11.5 Å². The van der Waals surface area contributed by atoms with Gasteiger partial charge in [0.2, 0.25) is 5.91 Å². The Morgan fingerprint density at radius 3 is 2.17 bits per heavy atom.